The Morgan fingerprint density at radius 2 is 1.84 bits per heavy atom. The maximum absolute atomic E-state index is 14.0. The second-order valence-electron chi connectivity index (χ2n) is 12.5. The number of nitrogens with one attached hydrogen (secondary N) is 3. The zero-order valence-corrected chi connectivity index (χ0v) is 26.2. The highest BCUT2D eigenvalue weighted by molar-refractivity contribution is 6.03. The number of hydrogen-bond acceptors (Lipinski definition) is 9. The van der Waals surface area contributed by atoms with Crippen molar-refractivity contribution in [2.75, 3.05) is 31.3 Å². The third kappa shape index (κ3) is 6.15. The summed E-state index contributed by atoms with van der Waals surface area (Å²) < 4.78 is 5.65. The predicted octanol–water partition coefficient (Wildman–Crippen LogP) is 4.46. The molecule has 11 heteroatoms. The van der Waals surface area contributed by atoms with Gasteiger partial charge in [-0.15, -0.1) is 0 Å². The number of methoxy groups -OCH3 is 1. The molecule has 4 atom stereocenters. The maximum Gasteiger partial charge on any atom is 0.247 e. The summed E-state index contributed by atoms with van der Waals surface area (Å²) in [4.78, 5) is 42.9. The molecule has 0 bridgehead atoms. The van der Waals surface area contributed by atoms with Crippen LogP contribution < -0.4 is 26.4 Å². The van der Waals surface area contributed by atoms with Gasteiger partial charge in [0, 0.05) is 47.4 Å². The fourth-order valence-corrected chi connectivity index (χ4v) is 6.08. The van der Waals surface area contributed by atoms with Gasteiger partial charge >= 0.3 is 0 Å². The van der Waals surface area contributed by atoms with Gasteiger partial charge in [-0.3, -0.25) is 14.6 Å². The molecule has 5 rings (SSSR count). The molecular formula is C33H42N8O3. The Kier molecular flexibility index (Phi) is 8.98. The van der Waals surface area contributed by atoms with Gasteiger partial charge in [0.2, 0.25) is 11.8 Å². The fourth-order valence-electron chi connectivity index (χ4n) is 6.08. The lowest BCUT2D eigenvalue weighted by Gasteiger charge is -2.40. The van der Waals surface area contributed by atoms with E-state index in [0.717, 1.165) is 23.0 Å². The summed E-state index contributed by atoms with van der Waals surface area (Å²) in [5, 5.41) is 11.3. The average Bonchev–Trinajstić information content (AvgIpc) is 3.50. The third-order valence-corrected chi connectivity index (χ3v) is 8.57. The summed E-state index contributed by atoms with van der Waals surface area (Å²) in [5.74, 6) is 0.187. The van der Waals surface area contributed by atoms with E-state index in [2.05, 4.69) is 30.9 Å². The van der Waals surface area contributed by atoms with E-state index in [0.29, 0.717) is 41.1 Å². The molecule has 1 aliphatic heterocycles. The minimum Gasteiger partial charge on any atom is -0.494 e. The molecule has 0 radical (unpaired) electrons. The van der Waals surface area contributed by atoms with Crippen molar-refractivity contribution in [3.63, 3.8) is 0 Å². The highest BCUT2D eigenvalue weighted by Gasteiger charge is 2.44. The summed E-state index contributed by atoms with van der Waals surface area (Å²) in [6.45, 7) is 8.53. The van der Waals surface area contributed by atoms with Gasteiger partial charge in [0.1, 0.15) is 23.9 Å². The third-order valence-electron chi connectivity index (χ3n) is 8.57. The van der Waals surface area contributed by atoms with Crippen LogP contribution >= 0.6 is 0 Å². The number of carbonyl (C=O) groups is 2. The van der Waals surface area contributed by atoms with E-state index in [1.165, 1.54) is 6.33 Å². The zero-order valence-electron chi connectivity index (χ0n) is 26.2. The number of rotatable bonds is 9. The van der Waals surface area contributed by atoms with E-state index >= 15 is 0 Å². The Bertz CT molecular complexity index is 1670. The van der Waals surface area contributed by atoms with Gasteiger partial charge in [0.05, 0.1) is 29.7 Å². The number of carbonyl (C=O) groups excluding carboxylic acids is 2. The number of benzene rings is 2. The van der Waals surface area contributed by atoms with Crippen molar-refractivity contribution >= 4 is 50.8 Å². The lowest BCUT2D eigenvalue weighted by molar-refractivity contribution is -0.144. The van der Waals surface area contributed by atoms with Gasteiger partial charge in [0.15, 0.2) is 0 Å². The molecule has 2 amide bonds. The van der Waals surface area contributed by atoms with Crippen molar-refractivity contribution in [1.29, 1.82) is 0 Å². The Hall–Kier alpha value is -4.35. The van der Waals surface area contributed by atoms with Gasteiger partial charge in [-0.05, 0) is 62.6 Å². The van der Waals surface area contributed by atoms with Crippen molar-refractivity contribution in [2.24, 2.45) is 17.1 Å². The van der Waals surface area contributed by atoms with Crippen LogP contribution in [-0.2, 0) is 9.59 Å². The fraction of sp³-hybridized carbons (Fsp3) is 0.424. The van der Waals surface area contributed by atoms with Crippen molar-refractivity contribution in [2.45, 2.75) is 58.7 Å². The number of anilines is 3. The number of ether oxygens (including phenoxy) is 1. The van der Waals surface area contributed by atoms with E-state index in [-0.39, 0.29) is 17.9 Å². The number of pyridine rings is 1. The van der Waals surface area contributed by atoms with Crippen LogP contribution in [0, 0.1) is 11.3 Å². The molecule has 0 aliphatic carbocycles. The maximum atomic E-state index is 14.0. The summed E-state index contributed by atoms with van der Waals surface area (Å²) >= 11 is 0. The van der Waals surface area contributed by atoms with Crippen LogP contribution in [0.4, 0.5) is 17.2 Å². The first-order chi connectivity index (χ1) is 21.0. The standard InChI is InChI=1S/C33H42N8O3/c1-19(35-5)29(34)28(33(2,3)4)32(43)41-15-9-13-26(41)31(42)40-25-16-21-24(17-27(25)44-6)37-18-38-30(21)39-23-12-7-11-22-20(23)10-8-14-36-22/h7-8,10-12,14,16-19,26,28-29,35H,9,13,15,34H2,1-6H3,(H,40,42)(H,37,38,39)/t19-,26-,28-,29?/m0/s1. The first kappa shape index (κ1) is 31.1. The van der Waals surface area contributed by atoms with Gasteiger partial charge in [-0.1, -0.05) is 26.8 Å². The minimum absolute atomic E-state index is 0.0740. The van der Waals surface area contributed by atoms with Crippen LogP contribution in [0.15, 0.2) is 55.0 Å². The topological polar surface area (TPSA) is 147 Å². The van der Waals surface area contributed by atoms with Crippen LogP contribution in [0.25, 0.3) is 21.8 Å². The molecule has 4 aromatic rings. The van der Waals surface area contributed by atoms with Gasteiger partial charge in [-0.2, -0.15) is 0 Å². The Morgan fingerprint density at radius 1 is 1.05 bits per heavy atom. The number of hydrogen-bond donors (Lipinski definition) is 4. The lowest BCUT2D eigenvalue weighted by Crippen LogP contribution is -2.57. The van der Waals surface area contributed by atoms with Gasteiger partial charge in [0.25, 0.3) is 0 Å². The molecule has 3 heterocycles. The molecule has 0 spiro atoms. The molecule has 2 aromatic heterocycles. The number of fused-ring (bicyclic) bond motifs is 2. The molecule has 11 nitrogen and oxygen atoms in total. The van der Waals surface area contributed by atoms with Crippen molar-refractivity contribution in [1.82, 2.24) is 25.2 Å². The molecule has 1 unspecified atom stereocenters. The van der Waals surface area contributed by atoms with E-state index in [1.54, 1.807) is 30.3 Å². The number of likely N-dealkylation sites (N-methyl/N-ethyl adjacent to an activating group) is 1. The van der Waals surface area contributed by atoms with Crippen molar-refractivity contribution in [3.8, 4) is 5.75 Å². The molecule has 5 N–H and O–H groups in total. The van der Waals surface area contributed by atoms with E-state index in [1.807, 2.05) is 65.1 Å². The summed E-state index contributed by atoms with van der Waals surface area (Å²) in [5.41, 5.74) is 9.04. The highest BCUT2D eigenvalue weighted by Crippen LogP contribution is 2.36. The second kappa shape index (κ2) is 12.7. The molecule has 44 heavy (non-hydrogen) atoms. The average molecular weight is 599 g/mol. The number of nitrogens with two attached hydrogens (primary N) is 1. The number of nitrogens with zero attached hydrogens (tertiary/aromatic N) is 4. The number of likely N-dealkylation sites (tertiary alicyclic amines) is 1. The molecule has 232 valence electrons. The van der Waals surface area contributed by atoms with E-state index in [4.69, 9.17) is 10.5 Å². The number of amides is 2. The Labute approximate surface area is 258 Å². The van der Waals surface area contributed by atoms with Gasteiger partial charge in [-0.25, -0.2) is 9.97 Å². The van der Waals surface area contributed by atoms with Crippen LogP contribution in [0.2, 0.25) is 0 Å². The van der Waals surface area contributed by atoms with Crippen molar-refractivity contribution < 1.29 is 14.3 Å². The number of aromatic nitrogens is 3. The van der Waals surface area contributed by atoms with Crippen LogP contribution in [0.3, 0.4) is 0 Å². The first-order valence-electron chi connectivity index (χ1n) is 15.0. The van der Waals surface area contributed by atoms with Gasteiger partial charge < -0.3 is 31.3 Å². The quantitative estimate of drug-likeness (QED) is 0.219. The lowest BCUT2D eigenvalue weighted by atomic mass is 9.73. The van der Waals surface area contributed by atoms with Crippen LogP contribution in [-0.4, -0.2) is 70.5 Å². The zero-order chi connectivity index (χ0) is 31.6. The molecular weight excluding hydrogens is 556 g/mol. The predicted molar refractivity (Wildman–Crippen MR) is 174 cm³/mol. The smallest absolute Gasteiger partial charge is 0.247 e. The molecule has 1 aliphatic rings. The summed E-state index contributed by atoms with van der Waals surface area (Å²) in [6, 6.07) is 12.2. The van der Waals surface area contributed by atoms with Crippen molar-refractivity contribution in [3.05, 3.63) is 55.0 Å². The highest BCUT2D eigenvalue weighted by atomic mass is 16.5. The minimum atomic E-state index is -0.627. The van der Waals surface area contributed by atoms with E-state index < -0.39 is 23.4 Å². The second-order valence-corrected chi connectivity index (χ2v) is 12.5. The van der Waals surface area contributed by atoms with E-state index in [9.17, 15) is 9.59 Å². The monoisotopic (exact) mass is 598 g/mol. The Balaban J connectivity index is 1.44. The largest absolute Gasteiger partial charge is 0.494 e. The molecule has 1 saturated heterocycles. The molecule has 1 fully saturated rings. The summed E-state index contributed by atoms with van der Waals surface area (Å²) in [6.07, 6.45) is 4.53. The van der Waals surface area contributed by atoms with Crippen LogP contribution in [0.1, 0.15) is 40.5 Å². The molecule has 2 aromatic carbocycles. The summed E-state index contributed by atoms with van der Waals surface area (Å²) in [7, 11) is 3.38. The molecule has 0 saturated carbocycles. The SMILES string of the molecule is CN[C@@H](C)C(N)[C@@H](C(=O)N1CCC[C@H]1C(=O)Nc1cc2c(Nc3cccc4ncccc34)ncnc2cc1OC)C(C)(C)C. The Morgan fingerprint density at radius 3 is 2.57 bits per heavy atom. The van der Waals surface area contributed by atoms with Crippen LogP contribution in [0.5, 0.6) is 5.75 Å². The normalized spacial score (nSPS) is 17.3. The first-order valence-corrected chi connectivity index (χ1v) is 15.0.